The Morgan fingerprint density at radius 2 is 2.00 bits per heavy atom. The standard InChI is InChI=1S/C12H10BrClN2O4S/c1-21(18,19)16-7-2-3-8(14)9(6-7)15-12(17)10-4-5-11(13)20-10/h2-6,16H,1H3,(H,15,17). The van der Waals surface area contributed by atoms with Gasteiger partial charge in [0.15, 0.2) is 10.4 Å². The predicted molar refractivity (Wildman–Crippen MR) is 84.3 cm³/mol. The van der Waals surface area contributed by atoms with Crippen molar-refractivity contribution in [2.45, 2.75) is 0 Å². The van der Waals surface area contributed by atoms with Crippen LogP contribution in [0.4, 0.5) is 11.4 Å². The van der Waals surface area contributed by atoms with Crippen molar-refractivity contribution in [3.05, 3.63) is 45.8 Å². The van der Waals surface area contributed by atoms with E-state index in [2.05, 4.69) is 26.0 Å². The van der Waals surface area contributed by atoms with Gasteiger partial charge >= 0.3 is 0 Å². The van der Waals surface area contributed by atoms with Crippen LogP contribution in [0.25, 0.3) is 0 Å². The lowest BCUT2D eigenvalue weighted by molar-refractivity contribution is 0.0995. The first kappa shape index (κ1) is 15.9. The molecular weight excluding hydrogens is 384 g/mol. The van der Waals surface area contributed by atoms with Crippen molar-refractivity contribution in [2.75, 3.05) is 16.3 Å². The largest absolute Gasteiger partial charge is 0.444 e. The van der Waals surface area contributed by atoms with Gasteiger partial charge in [0, 0.05) is 0 Å². The van der Waals surface area contributed by atoms with Crippen molar-refractivity contribution < 1.29 is 17.6 Å². The van der Waals surface area contributed by atoms with Crippen LogP contribution < -0.4 is 10.0 Å². The summed E-state index contributed by atoms with van der Waals surface area (Å²) in [5.41, 5.74) is 0.556. The molecule has 1 amide bonds. The molecule has 1 heterocycles. The smallest absolute Gasteiger partial charge is 0.291 e. The monoisotopic (exact) mass is 392 g/mol. The molecule has 0 saturated carbocycles. The number of hydrogen-bond donors (Lipinski definition) is 2. The second-order valence-electron chi connectivity index (χ2n) is 4.13. The first-order valence-electron chi connectivity index (χ1n) is 5.58. The average Bonchev–Trinajstić information content (AvgIpc) is 2.78. The van der Waals surface area contributed by atoms with Crippen LogP contribution >= 0.6 is 27.5 Å². The van der Waals surface area contributed by atoms with E-state index in [9.17, 15) is 13.2 Å². The Hall–Kier alpha value is -1.51. The Bertz CT molecular complexity index is 788. The molecule has 0 aliphatic heterocycles. The first-order chi connectivity index (χ1) is 9.74. The lowest BCUT2D eigenvalue weighted by atomic mass is 10.2. The van der Waals surface area contributed by atoms with Crippen LogP contribution in [0, 0.1) is 0 Å². The van der Waals surface area contributed by atoms with Crippen molar-refractivity contribution in [3.63, 3.8) is 0 Å². The average molecular weight is 394 g/mol. The molecule has 1 aromatic carbocycles. The van der Waals surface area contributed by atoms with Crippen LogP contribution in [-0.2, 0) is 10.0 Å². The Morgan fingerprint density at radius 3 is 2.57 bits per heavy atom. The lowest BCUT2D eigenvalue weighted by Gasteiger charge is -2.09. The zero-order valence-corrected chi connectivity index (χ0v) is 13.8. The fraction of sp³-hybridized carbons (Fsp3) is 0.0833. The third kappa shape index (κ3) is 4.48. The highest BCUT2D eigenvalue weighted by atomic mass is 79.9. The second kappa shape index (κ2) is 6.08. The van der Waals surface area contributed by atoms with Gasteiger partial charge in [0.1, 0.15) is 0 Å². The van der Waals surface area contributed by atoms with Crippen LogP contribution in [-0.4, -0.2) is 20.6 Å². The van der Waals surface area contributed by atoms with Crippen LogP contribution in [0.5, 0.6) is 0 Å². The number of carbonyl (C=O) groups excluding carboxylic acids is 1. The number of carbonyl (C=O) groups is 1. The minimum absolute atomic E-state index is 0.0967. The number of nitrogens with one attached hydrogen (secondary N) is 2. The molecule has 1 aromatic heterocycles. The van der Waals surface area contributed by atoms with Crippen molar-refractivity contribution in [1.29, 1.82) is 0 Å². The molecule has 2 rings (SSSR count). The highest BCUT2D eigenvalue weighted by molar-refractivity contribution is 9.10. The molecule has 0 unspecified atom stereocenters. The van der Waals surface area contributed by atoms with Gasteiger partial charge in [-0.15, -0.1) is 0 Å². The summed E-state index contributed by atoms with van der Waals surface area (Å²) in [6, 6.07) is 7.45. The van der Waals surface area contributed by atoms with E-state index in [1.54, 1.807) is 6.07 Å². The van der Waals surface area contributed by atoms with Gasteiger partial charge in [-0.25, -0.2) is 8.42 Å². The summed E-state index contributed by atoms with van der Waals surface area (Å²) in [6.45, 7) is 0. The van der Waals surface area contributed by atoms with Gasteiger partial charge in [-0.05, 0) is 46.3 Å². The molecule has 0 radical (unpaired) electrons. The normalized spacial score (nSPS) is 11.2. The van der Waals surface area contributed by atoms with Crippen LogP contribution in [0.1, 0.15) is 10.6 Å². The van der Waals surface area contributed by atoms with E-state index in [0.29, 0.717) is 4.67 Å². The zero-order chi connectivity index (χ0) is 15.6. The van der Waals surface area contributed by atoms with Crippen molar-refractivity contribution in [1.82, 2.24) is 0 Å². The Balaban J connectivity index is 2.23. The maximum atomic E-state index is 12.0. The van der Waals surface area contributed by atoms with Gasteiger partial charge in [0.25, 0.3) is 5.91 Å². The Morgan fingerprint density at radius 1 is 1.29 bits per heavy atom. The molecule has 9 heteroatoms. The third-order valence-electron chi connectivity index (χ3n) is 2.31. The molecule has 21 heavy (non-hydrogen) atoms. The topological polar surface area (TPSA) is 88.4 Å². The molecule has 0 fully saturated rings. The third-order valence-corrected chi connectivity index (χ3v) is 3.68. The maximum Gasteiger partial charge on any atom is 0.291 e. The molecule has 2 aromatic rings. The highest BCUT2D eigenvalue weighted by Gasteiger charge is 2.13. The first-order valence-corrected chi connectivity index (χ1v) is 8.65. The summed E-state index contributed by atoms with van der Waals surface area (Å²) in [6.07, 6.45) is 1.03. The molecule has 0 bridgehead atoms. The summed E-state index contributed by atoms with van der Waals surface area (Å²) < 4.78 is 30.2. The molecule has 2 N–H and O–H groups in total. The van der Waals surface area contributed by atoms with E-state index in [1.165, 1.54) is 24.3 Å². The second-order valence-corrected chi connectivity index (χ2v) is 7.06. The Kier molecular flexibility index (Phi) is 4.60. The van der Waals surface area contributed by atoms with E-state index in [0.717, 1.165) is 6.26 Å². The molecule has 112 valence electrons. The van der Waals surface area contributed by atoms with Crippen LogP contribution in [0.15, 0.2) is 39.4 Å². The summed E-state index contributed by atoms with van der Waals surface area (Å²) in [4.78, 5) is 12.0. The van der Waals surface area contributed by atoms with Gasteiger partial charge in [-0.1, -0.05) is 11.6 Å². The van der Waals surface area contributed by atoms with Crippen molar-refractivity contribution >= 4 is 54.8 Å². The SMILES string of the molecule is CS(=O)(=O)Nc1ccc(Cl)c(NC(=O)c2ccc(Br)o2)c1. The quantitative estimate of drug-likeness (QED) is 0.834. The molecule has 0 aliphatic rings. The number of furan rings is 1. The van der Waals surface area contributed by atoms with E-state index >= 15 is 0 Å². The Labute approximate surface area is 134 Å². The van der Waals surface area contributed by atoms with Crippen LogP contribution in [0.3, 0.4) is 0 Å². The molecular formula is C12H10BrClN2O4S. The van der Waals surface area contributed by atoms with Crippen LogP contribution in [0.2, 0.25) is 5.02 Å². The molecule has 0 aliphatic carbocycles. The van der Waals surface area contributed by atoms with E-state index in [1.807, 2.05) is 0 Å². The number of anilines is 2. The van der Waals surface area contributed by atoms with E-state index in [4.69, 9.17) is 16.0 Å². The van der Waals surface area contributed by atoms with E-state index in [-0.39, 0.29) is 22.2 Å². The number of amides is 1. The maximum absolute atomic E-state index is 12.0. The van der Waals surface area contributed by atoms with Gasteiger partial charge in [-0.2, -0.15) is 0 Å². The van der Waals surface area contributed by atoms with Gasteiger partial charge in [-0.3, -0.25) is 9.52 Å². The minimum Gasteiger partial charge on any atom is -0.444 e. The lowest BCUT2D eigenvalue weighted by Crippen LogP contribution is -2.13. The van der Waals surface area contributed by atoms with Gasteiger partial charge < -0.3 is 9.73 Å². The number of rotatable bonds is 4. The molecule has 0 atom stereocenters. The number of sulfonamides is 1. The van der Waals surface area contributed by atoms with Crippen molar-refractivity contribution in [3.8, 4) is 0 Å². The summed E-state index contributed by atoms with van der Waals surface area (Å²) >= 11 is 9.07. The van der Waals surface area contributed by atoms with Gasteiger partial charge in [0.05, 0.1) is 22.7 Å². The highest BCUT2D eigenvalue weighted by Crippen LogP contribution is 2.27. The van der Waals surface area contributed by atoms with Crippen molar-refractivity contribution in [2.24, 2.45) is 0 Å². The molecule has 6 nitrogen and oxygen atoms in total. The minimum atomic E-state index is -3.41. The number of halogens is 2. The zero-order valence-electron chi connectivity index (χ0n) is 10.7. The summed E-state index contributed by atoms with van der Waals surface area (Å²) in [7, 11) is -3.41. The number of benzene rings is 1. The molecule has 0 spiro atoms. The fourth-order valence-electron chi connectivity index (χ4n) is 1.52. The molecule has 0 saturated heterocycles. The predicted octanol–water partition coefficient (Wildman–Crippen LogP) is 3.32. The number of hydrogen-bond acceptors (Lipinski definition) is 4. The summed E-state index contributed by atoms with van der Waals surface area (Å²) in [5, 5.41) is 2.82. The summed E-state index contributed by atoms with van der Waals surface area (Å²) in [5.74, 6) is -0.404. The van der Waals surface area contributed by atoms with Gasteiger partial charge in [0.2, 0.25) is 10.0 Å². The van der Waals surface area contributed by atoms with E-state index < -0.39 is 15.9 Å². The fourth-order valence-corrected chi connectivity index (χ4v) is 2.55.